The van der Waals surface area contributed by atoms with Crippen LogP contribution in [-0.2, 0) is 33.0 Å². The minimum atomic E-state index is -4.78. The van der Waals surface area contributed by atoms with Gasteiger partial charge in [0.05, 0.1) is 34.4 Å². The molecule has 1 fully saturated rings. The molecule has 3 aromatic rings. The number of sulfonamides is 1. The Bertz CT molecular complexity index is 1740. The van der Waals surface area contributed by atoms with Crippen molar-refractivity contribution in [1.29, 1.82) is 0 Å². The van der Waals surface area contributed by atoms with Crippen LogP contribution in [0.25, 0.3) is 0 Å². The van der Waals surface area contributed by atoms with Crippen molar-refractivity contribution < 1.29 is 40.0 Å². The summed E-state index contributed by atoms with van der Waals surface area (Å²) in [7, 11) is -4.21. The summed E-state index contributed by atoms with van der Waals surface area (Å²) in [4.78, 5) is 30.5. The summed E-state index contributed by atoms with van der Waals surface area (Å²) in [5, 5.41) is 2.48. The van der Waals surface area contributed by atoms with E-state index < -0.39 is 57.3 Å². The molecule has 0 aliphatic carbocycles. The van der Waals surface area contributed by atoms with Crippen molar-refractivity contribution in [2.45, 2.75) is 62.7 Å². The number of benzene rings is 2. The Labute approximate surface area is 257 Å². The molecule has 1 aromatic heterocycles. The van der Waals surface area contributed by atoms with Crippen LogP contribution < -0.4 is 9.62 Å². The maximum absolute atomic E-state index is 14.4. The third kappa shape index (κ3) is 5.87. The molecule has 2 aliphatic heterocycles. The fourth-order valence-corrected chi connectivity index (χ4v) is 8.38. The van der Waals surface area contributed by atoms with Crippen molar-refractivity contribution in [3.63, 3.8) is 0 Å². The van der Waals surface area contributed by atoms with E-state index in [0.29, 0.717) is 49.4 Å². The summed E-state index contributed by atoms with van der Waals surface area (Å²) in [6.45, 7) is 5.47. The second-order valence-corrected chi connectivity index (χ2v) is 13.5. The molecule has 0 radical (unpaired) electrons. The number of piperidine rings is 1. The first-order valence-electron chi connectivity index (χ1n) is 14.3. The highest BCUT2D eigenvalue weighted by Gasteiger charge is 2.56. The van der Waals surface area contributed by atoms with Crippen LogP contribution in [0.4, 0.5) is 27.6 Å². The van der Waals surface area contributed by atoms with E-state index in [1.807, 2.05) is 13.8 Å². The van der Waals surface area contributed by atoms with Crippen molar-refractivity contribution >= 4 is 27.5 Å². The first-order chi connectivity index (χ1) is 21.1. The molecule has 0 bridgehead atoms. The number of alkyl halides is 3. The fourth-order valence-electron chi connectivity index (χ4n) is 6.51. The summed E-state index contributed by atoms with van der Waals surface area (Å²) in [6, 6.07) is 8.74. The number of nitrogens with one attached hydrogen (secondary N) is 1. The highest BCUT2D eigenvalue weighted by molar-refractivity contribution is 7.92. The predicted octanol–water partition coefficient (Wildman–Crippen LogP) is 5.42. The second-order valence-electron chi connectivity index (χ2n) is 11.7. The number of fused-ring (bicyclic) bond motifs is 2. The summed E-state index contributed by atoms with van der Waals surface area (Å²) < 4.78 is 96.4. The third-order valence-electron chi connectivity index (χ3n) is 8.62. The van der Waals surface area contributed by atoms with Crippen molar-refractivity contribution in [2.75, 3.05) is 17.4 Å². The van der Waals surface area contributed by atoms with E-state index in [-0.39, 0.29) is 28.0 Å². The van der Waals surface area contributed by atoms with Gasteiger partial charge >= 0.3 is 6.18 Å². The third-order valence-corrected chi connectivity index (χ3v) is 10.4. The highest BCUT2D eigenvalue weighted by Crippen LogP contribution is 2.55. The van der Waals surface area contributed by atoms with Crippen LogP contribution in [0.3, 0.4) is 0 Å². The molecule has 8 nitrogen and oxygen atoms in total. The number of amides is 2. The van der Waals surface area contributed by atoms with Crippen LogP contribution in [0.2, 0.25) is 0 Å². The number of nitrogens with zero attached hydrogens (tertiary/aromatic N) is 3. The molecule has 1 saturated heterocycles. The summed E-state index contributed by atoms with van der Waals surface area (Å²) >= 11 is 0. The molecule has 240 valence electrons. The SMILES string of the molecule is CC(=O)N1CCC2(CC1)c1cc(C(=O)NCc3ncc(C(F)(F)F)cc3F)ccc1N(S(=O)(=O)c1ccc(F)cc1)C2C(C)C. The molecule has 3 heterocycles. The number of rotatable bonds is 6. The zero-order valence-electron chi connectivity index (χ0n) is 24.7. The van der Waals surface area contributed by atoms with Gasteiger partial charge < -0.3 is 10.2 Å². The predicted molar refractivity (Wildman–Crippen MR) is 155 cm³/mol. The summed E-state index contributed by atoms with van der Waals surface area (Å²) in [6.07, 6.45) is -3.48. The lowest BCUT2D eigenvalue weighted by molar-refractivity contribution is -0.138. The van der Waals surface area contributed by atoms with E-state index in [1.165, 1.54) is 35.5 Å². The van der Waals surface area contributed by atoms with Gasteiger partial charge in [-0.05, 0) is 72.9 Å². The molecular weight excluding hydrogens is 619 g/mol. The van der Waals surface area contributed by atoms with Gasteiger partial charge in [-0.2, -0.15) is 13.2 Å². The Morgan fingerprint density at radius 3 is 2.24 bits per heavy atom. The Kier molecular flexibility index (Phi) is 8.40. The van der Waals surface area contributed by atoms with E-state index in [0.717, 1.165) is 12.1 Å². The maximum Gasteiger partial charge on any atom is 0.417 e. The van der Waals surface area contributed by atoms with E-state index in [9.17, 15) is 40.0 Å². The standard InChI is InChI=1S/C31H31F5N4O4S/c1-18(2)28-30(10-12-39(13-11-30)19(3)41)24-14-20(29(42)38-17-26-25(33)15-21(16-37-26)31(34,35)36)4-9-27(24)40(28)45(43,44)23-7-5-22(32)6-8-23/h4-9,14-16,18,28H,10-13,17H2,1-3H3,(H,38,42). The van der Waals surface area contributed by atoms with E-state index in [1.54, 1.807) is 11.0 Å². The van der Waals surface area contributed by atoms with E-state index >= 15 is 0 Å². The average Bonchev–Trinajstić information content (AvgIpc) is 3.26. The summed E-state index contributed by atoms with van der Waals surface area (Å²) in [5.74, 6) is -2.82. The van der Waals surface area contributed by atoms with Gasteiger partial charge in [0.25, 0.3) is 15.9 Å². The van der Waals surface area contributed by atoms with Gasteiger partial charge in [-0.1, -0.05) is 13.8 Å². The minimum absolute atomic E-state index is 0.105. The number of carbonyl (C=O) groups is 2. The van der Waals surface area contributed by atoms with Gasteiger partial charge in [0.15, 0.2) is 0 Å². The van der Waals surface area contributed by atoms with Crippen LogP contribution in [0, 0.1) is 17.6 Å². The number of carbonyl (C=O) groups excluding carboxylic acids is 2. The number of likely N-dealkylation sites (tertiary alicyclic amines) is 1. The van der Waals surface area contributed by atoms with Crippen molar-refractivity contribution in [3.05, 3.63) is 88.7 Å². The Morgan fingerprint density at radius 1 is 1.04 bits per heavy atom. The maximum atomic E-state index is 14.4. The molecule has 0 saturated carbocycles. The van der Waals surface area contributed by atoms with E-state index in [2.05, 4.69) is 10.3 Å². The largest absolute Gasteiger partial charge is 0.417 e. The normalized spacial score (nSPS) is 17.9. The van der Waals surface area contributed by atoms with E-state index in [4.69, 9.17) is 0 Å². The Balaban J connectivity index is 1.54. The highest BCUT2D eigenvalue weighted by atomic mass is 32.2. The van der Waals surface area contributed by atoms with Crippen LogP contribution in [0.1, 0.15) is 60.8 Å². The number of hydrogen-bond donors (Lipinski definition) is 1. The van der Waals surface area contributed by atoms with Crippen LogP contribution in [-0.4, -0.2) is 49.2 Å². The van der Waals surface area contributed by atoms with Crippen molar-refractivity contribution in [1.82, 2.24) is 15.2 Å². The quantitative estimate of drug-likeness (QED) is 0.360. The topological polar surface area (TPSA) is 99.7 Å². The molecule has 1 spiro atoms. The van der Waals surface area contributed by atoms with Crippen molar-refractivity contribution in [3.8, 4) is 0 Å². The molecular formula is C31H31F5N4O4S. The van der Waals surface area contributed by atoms with Gasteiger partial charge in [0.1, 0.15) is 11.6 Å². The number of hydrogen-bond acceptors (Lipinski definition) is 5. The lowest BCUT2D eigenvalue weighted by Crippen LogP contribution is -2.55. The molecule has 2 aromatic carbocycles. The zero-order valence-corrected chi connectivity index (χ0v) is 25.5. The first-order valence-corrected chi connectivity index (χ1v) is 15.7. The lowest BCUT2D eigenvalue weighted by atomic mass is 9.66. The van der Waals surface area contributed by atoms with Gasteiger partial charge in [-0.25, -0.2) is 17.2 Å². The molecule has 45 heavy (non-hydrogen) atoms. The molecule has 2 amide bonds. The Morgan fingerprint density at radius 2 is 1.69 bits per heavy atom. The number of aromatic nitrogens is 1. The molecule has 1 unspecified atom stereocenters. The molecule has 1 N–H and O–H groups in total. The molecule has 1 atom stereocenters. The number of anilines is 1. The van der Waals surface area contributed by atoms with Crippen molar-refractivity contribution in [2.24, 2.45) is 5.92 Å². The van der Waals surface area contributed by atoms with Gasteiger partial charge in [0, 0.05) is 37.2 Å². The fraction of sp³-hybridized carbons (Fsp3) is 0.387. The second kappa shape index (κ2) is 11.7. The molecule has 5 rings (SSSR count). The van der Waals surface area contributed by atoms with Crippen LogP contribution >= 0.6 is 0 Å². The van der Waals surface area contributed by atoms with Gasteiger partial charge in [0.2, 0.25) is 5.91 Å². The van der Waals surface area contributed by atoms with Crippen LogP contribution in [0.5, 0.6) is 0 Å². The smallest absolute Gasteiger partial charge is 0.346 e. The average molecular weight is 651 g/mol. The Hall–Kier alpha value is -4.07. The first kappa shape index (κ1) is 32.3. The monoisotopic (exact) mass is 650 g/mol. The van der Waals surface area contributed by atoms with Gasteiger partial charge in [-0.3, -0.25) is 18.9 Å². The minimum Gasteiger partial charge on any atom is -0.346 e. The summed E-state index contributed by atoms with van der Waals surface area (Å²) in [5.41, 5.74) is -1.38. The lowest BCUT2D eigenvalue weighted by Gasteiger charge is -2.46. The number of halogens is 5. The number of pyridine rings is 1. The molecule has 2 aliphatic rings. The molecule has 14 heteroatoms. The van der Waals surface area contributed by atoms with Crippen LogP contribution in [0.15, 0.2) is 59.6 Å². The zero-order chi connectivity index (χ0) is 32.9. The van der Waals surface area contributed by atoms with Gasteiger partial charge in [-0.15, -0.1) is 0 Å².